The fourth-order valence-corrected chi connectivity index (χ4v) is 11.0. The topological polar surface area (TPSA) is 245 Å². The molecule has 2 aliphatic heterocycles. The van der Waals surface area contributed by atoms with Crippen molar-refractivity contribution in [3.05, 3.63) is 136 Å². The fraction of sp³-hybridized carbons (Fsp3) is 0.396. The summed E-state index contributed by atoms with van der Waals surface area (Å²) in [6.07, 6.45) is 10.4. The van der Waals surface area contributed by atoms with Crippen LogP contribution in [-0.2, 0) is 57.7 Å². The first-order chi connectivity index (χ1) is 31.6. The van der Waals surface area contributed by atoms with Gasteiger partial charge in [0.15, 0.2) is 5.71 Å². The Hall–Kier alpha value is -4.77. The number of benzene rings is 3. The molecule has 368 valence electrons. The SMILES string of the molecule is C=C(C)CNCCc1ccc(OC2=C(/C=C/C3=[N+](CCCS(=O)(=O)O)c4ccc(S(=O)(=O)O)cc4C3(C)C)CCC/C2=C\C=C2/N(CCCS(=O)(=O)O)c3ccc(S(=O)(=O)O)cc3C2(C)C)cc1. The van der Waals surface area contributed by atoms with Gasteiger partial charge in [0, 0.05) is 54.0 Å². The molecule has 68 heavy (non-hydrogen) atoms. The molecular weight excluding hydrogens is 955 g/mol. The van der Waals surface area contributed by atoms with Crippen molar-refractivity contribution >= 4 is 57.6 Å². The Morgan fingerprint density at radius 2 is 1.40 bits per heavy atom. The zero-order valence-electron chi connectivity index (χ0n) is 38.8. The molecule has 0 unspecified atom stereocenters. The number of nitrogens with zero attached hydrogens (tertiary/aromatic N) is 2. The first kappa shape index (κ1) is 52.6. The minimum absolute atomic E-state index is 0.0501. The number of hydrogen-bond donors (Lipinski definition) is 5. The third kappa shape index (κ3) is 12.7. The van der Waals surface area contributed by atoms with E-state index in [2.05, 4.69) is 11.9 Å². The van der Waals surface area contributed by atoms with Crippen molar-refractivity contribution < 1.29 is 61.2 Å². The van der Waals surface area contributed by atoms with Crippen molar-refractivity contribution in [2.24, 2.45) is 0 Å². The lowest BCUT2D eigenvalue weighted by Gasteiger charge is -2.27. The van der Waals surface area contributed by atoms with Crippen LogP contribution in [-0.4, -0.2) is 99.9 Å². The van der Waals surface area contributed by atoms with Gasteiger partial charge >= 0.3 is 0 Å². The molecule has 0 radical (unpaired) electrons. The fourth-order valence-electron chi connectivity index (χ4n) is 9.01. The standard InChI is InChI=1S/C48H59N3O13S4/c1-33(2)32-49-25-24-34-12-16-37(17-13-34)64-46-35(14-22-44-47(3,4)40-30-38(67(58,59)60)18-20-42(40)50(44)26-8-28-65(52,53)54)10-7-11-36(46)15-23-45-48(5,6)41-31-39(68(61,62)63)19-21-43(41)51(45)27-9-29-66(55,56)57/h12-23,30-31,49H,1,7-11,24-29,32H2,2-6H3,(H3-,52,53,54,55,56,57,58,59,60,61,62,63)/p+1. The van der Waals surface area contributed by atoms with Crippen LogP contribution in [0.4, 0.5) is 11.4 Å². The predicted octanol–water partition coefficient (Wildman–Crippen LogP) is 7.50. The van der Waals surface area contributed by atoms with Gasteiger partial charge in [-0.25, -0.2) is 0 Å². The van der Waals surface area contributed by atoms with E-state index in [1.54, 1.807) is 12.1 Å². The number of rotatable bonds is 20. The van der Waals surface area contributed by atoms with Crippen molar-refractivity contribution in [3.63, 3.8) is 0 Å². The molecule has 3 aromatic rings. The van der Waals surface area contributed by atoms with Gasteiger partial charge in [-0.15, -0.1) is 0 Å². The van der Waals surface area contributed by atoms with Gasteiger partial charge in [0.25, 0.3) is 40.5 Å². The molecule has 2 heterocycles. The van der Waals surface area contributed by atoms with E-state index in [0.29, 0.717) is 71.2 Å². The predicted molar refractivity (Wildman–Crippen MR) is 262 cm³/mol. The van der Waals surface area contributed by atoms with Crippen LogP contribution < -0.4 is 15.0 Å². The van der Waals surface area contributed by atoms with Crippen LogP contribution >= 0.6 is 0 Å². The molecule has 6 rings (SSSR count). The highest BCUT2D eigenvalue weighted by atomic mass is 32.2. The van der Waals surface area contributed by atoms with Crippen LogP contribution in [0.1, 0.15) is 83.4 Å². The Morgan fingerprint density at radius 3 is 2.01 bits per heavy atom. The van der Waals surface area contributed by atoms with Gasteiger partial charge in [0.1, 0.15) is 18.1 Å². The van der Waals surface area contributed by atoms with E-state index < -0.39 is 62.8 Å². The van der Waals surface area contributed by atoms with E-state index in [1.165, 1.54) is 24.3 Å². The van der Waals surface area contributed by atoms with Gasteiger partial charge < -0.3 is 15.0 Å². The molecular formula is C48H60N3O13S4+. The van der Waals surface area contributed by atoms with Gasteiger partial charge in [-0.2, -0.15) is 38.2 Å². The van der Waals surface area contributed by atoms with Crippen LogP contribution in [0.15, 0.2) is 130 Å². The Kier molecular flexibility index (Phi) is 15.7. The molecule has 3 aromatic carbocycles. The highest BCUT2D eigenvalue weighted by Crippen LogP contribution is 2.49. The zero-order chi connectivity index (χ0) is 50.0. The highest BCUT2D eigenvalue weighted by molar-refractivity contribution is 7.86. The molecule has 0 fully saturated rings. The van der Waals surface area contributed by atoms with Crippen molar-refractivity contribution in [3.8, 4) is 5.75 Å². The Balaban J connectivity index is 1.47. The van der Waals surface area contributed by atoms with E-state index in [4.69, 9.17) is 4.74 Å². The first-order valence-corrected chi connectivity index (χ1v) is 28.2. The number of hydrogen-bond acceptors (Lipinski definition) is 11. The summed E-state index contributed by atoms with van der Waals surface area (Å²) in [6, 6.07) is 16.3. The normalized spacial score (nSPS) is 18.5. The number of anilines is 1. The molecule has 1 aliphatic carbocycles. The van der Waals surface area contributed by atoms with Crippen molar-refractivity contribution in [1.29, 1.82) is 0 Å². The van der Waals surface area contributed by atoms with Crippen LogP contribution in [0.25, 0.3) is 0 Å². The molecule has 20 heteroatoms. The van der Waals surface area contributed by atoms with Gasteiger partial charge in [-0.1, -0.05) is 44.2 Å². The van der Waals surface area contributed by atoms with Crippen LogP contribution in [0.2, 0.25) is 0 Å². The zero-order valence-corrected chi connectivity index (χ0v) is 42.0. The molecule has 5 N–H and O–H groups in total. The average Bonchev–Trinajstić information content (AvgIpc) is 3.57. The molecule has 0 spiro atoms. The lowest BCUT2D eigenvalue weighted by Crippen LogP contribution is -2.28. The van der Waals surface area contributed by atoms with Gasteiger partial charge in [0.2, 0.25) is 5.69 Å². The number of ether oxygens (including phenoxy) is 1. The molecule has 0 saturated heterocycles. The second-order valence-electron chi connectivity index (χ2n) is 18.4. The monoisotopic (exact) mass is 1010 g/mol. The Bertz CT molecular complexity index is 3090. The van der Waals surface area contributed by atoms with Gasteiger partial charge in [-0.3, -0.25) is 18.2 Å². The largest absolute Gasteiger partial charge is 0.457 e. The molecule has 0 atom stereocenters. The average molecular weight is 1020 g/mol. The second kappa shape index (κ2) is 20.3. The summed E-state index contributed by atoms with van der Waals surface area (Å²) in [6.45, 7) is 15.2. The maximum Gasteiger partial charge on any atom is 0.294 e. The summed E-state index contributed by atoms with van der Waals surface area (Å²) in [5, 5.41) is 3.36. The summed E-state index contributed by atoms with van der Waals surface area (Å²) < 4.78 is 144. The number of allylic oxidation sites excluding steroid dienone is 7. The van der Waals surface area contributed by atoms with Gasteiger partial charge in [0.05, 0.1) is 26.7 Å². The van der Waals surface area contributed by atoms with E-state index in [1.807, 2.05) is 92.7 Å². The Morgan fingerprint density at radius 1 is 0.779 bits per heavy atom. The van der Waals surface area contributed by atoms with Crippen LogP contribution in [0, 0.1) is 0 Å². The smallest absolute Gasteiger partial charge is 0.294 e. The molecule has 0 amide bonds. The lowest BCUT2D eigenvalue weighted by atomic mass is 9.81. The number of fused-ring (bicyclic) bond motifs is 2. The molecule has 0 aromatic heterocycles. The van der Waals surface area contributed by atoms with Crippen molar-refractivity contribution in [1.82, 2.24) is 5.32 Å². The molecule has 0 saturated carbocycles. The third-order valence-corrected chi connectivity index (χ3v) is 15.7. The third-order valence-electron chi connectivity index (χ3n) is 12.4. The van der Waals surface area contributed by atoms with Gasteiger partial charge in [-0.05, 0) is 136 Å². The van der Waals surface area contributed by atoms with Crippen LogP contribution in [0.5, 0.6) is 5.75 Å². The Labute approximate surface area is 400 Å². The minimum Gasteiger partial charge on any atom is -0.457 e. The number of nitrogens with one attached hydrogen (secondary N) is 1. The molecule has 0 bridgehead atoms. The van der Waals surface area contributed by atoms with E-state index in [9.17, 15) is 51.9 Å². The highest BCUT2D eigenvalue weighted by Gasteiger charge is 2.45. The van der Waals surface area contributed by atoms with Crippen molar-refractivity contribution in [2.75, 3.05) is 42.6 Å². The van der Waals surface area contributed by atoms with E-state index >= 15 is 0 Å². The summed E-state index contributed by atoms with van der Waals surface area (Å²) >= 11 is 0. The van der Waals surface area contributed by atoms with Crippen LogP contribution in [0.3, 0.4) is 0 Å². The molecule has 3 aliphatic rings. The van der Waals surface area contributed by atoms with E-state index in [0.717, 1.165) is 35.2 Å². The summed E-state index contributed by atoms with van der Waals surface area (Å²) in [5.41, 5.74) is 5.81. The lowest BCUT2D eigenvalue weighted by molar-refractivity contribution is -0.437. The maximum atomic E-state index is 12.2. The second-order valence-corrected chi connectivity index (χ2v) is 24.4. The van der Waals surface area contributed by atoms with Crippen molar-refractivity contribution in [2.45, 2.75) is 93.8 Å². The molecule has 16 nitrogen and oxygen atoms in total. The summed E-state index contributed by atoms with van der Waals surface area (Å²) in [5.74, 6) is 0.115. The van der Waals surface area contributed by atoms with E-state index in [-0.39, 0.29) is 35.7 Å². The summed E-state index contributed by atoms with van der Waals surface area (Å²) in [7, 11) is -17.7. The minimum atomic E-state index is -4.56. The maximum absolute atomic E-state index is 12.2. The first-order valence-electron chi connectivity index (χ1n) is 22.1. The quantitative estimate of drug-likeness (QED) is 0.0318. The summed E-state index contributed by atoms with van der Waals surface area (Å²) in [4.78, 5) is 1.30.